The molecule has 0 radical (unpaired) electrons. The van der Waals surface area contributed by atoms with Crippen LogP contribution in [0.3, 0.4) is 0 Å². The molecular weight excluding hydrogens is 194 g/mol. The van der Waals surface area contributed by atoms with E-state index in [4.69, 9.17) is 4.74 Å². The van der Waals surface area contributed by atoms with Gasteiger partial charge in [-0.15, -0.1) is 0 Å². The molecule has 0 saturated heterocycles. The van der Waals surface area contributed by atoms with Crippen LogP contribution in [0.5, 0.6) is 0 Å². The standard InChI is InChI=1S/C10H15N3O2/c1-11-9-5-3-8(4-6-9)7-15-10(14)13-12-2/h3-6,11-12H,7H2,1-2H3,(H,13,14). The number of nitrogens with one attached hydrogen (secondary N) is 3. The van der Waals surface area contributed by atoms with Gasteiger partial charge in [0.25, 0.3) is 0 Å². The summed E-state index contributed by atoms with van der Waals surface area (Å²) in [5, 5.41) is 3.01. The van der Waals surface area contributed by atoms with Crippen LogP contribution in [0.1, 0.15) is 5.56 Å². The first-order valence-corrected chi connectivity index (χ1v) is 4.62. The summed E-state index contributed by atoms with van der Waals surface area (Å²) in [7, 11) is 3.45. The second-order valence-electron chi connectivity index (χ2n) is 2.90. The van der Waals surface area contributed by atoms with Gasteiger partial charge in [0, 0.05) is 19.8 Å². The fourth-order valence-electron chi connectivity index (χ4n) is 1.05. The van der Waals surface area contributed by atoms with Crippen molar-refractivity contribution in [1.82, 2.24) is 10.9 Å². The first-order valence-electron chi connectivity index (χ1n) is 4.62. The maximum atomic E-state index is 10.9. The number of hydrogen-bond donors (Lipinski definition) is 3. The van der Waals surface area contributed by atoms with Gasteiger partial charge in [0.1, 0.15) is 6.61 Å². The Morgan fingerprint density at radius 3 is 2.47 bits per heavy atom. The number of carbonyl (C=O) groups is 1. The van der Waals surface area contributed by atoms with Crippen molar-refractivity contribution in [1.29, 1.82) is 0 Å². The third kappa shape index (κ3) is 3.86. The van der Waals surface area contributed by atoms with Crippen molar-refractivity contribution in [3.8, 4) is 0 Å². The largest absolute Gasteiger partial charge is 0.444 e. The van der Waals surface area contributed by atoms with Crippen molar-refractivity contribution in [3.05, 3.63) is 29.8 Å². The van der Waals surface area contributed by atoms with Crippen LogP contribution >= 0.6 is 0 Å². The van der Waals surface area contributed by atoms with Crippen molar-refractivity contribution in [2.45, 2.75) is 6.61 Å². The van der Waals surface area contributed by atoms with Gasteiger partial charge in [-0.2, -0.15) is 0 Å². The minimum Gasteiger partial charge on any atom is -0.444 e. The van der Waals surface area contributed by atoms with Crippen LogP contribution < -0.4 is 16.2 Å². The molecule has 82 valence electrons. The molecule has 5 nitrogen and oxygen atoms in total. The Balaban J connectivity index is 2.40. The highest BCUT2D eigenvalue weighted by Gasteiger charge is 2.00. The lowest BCUT2D eigenvalue weighted by molar-refractivity contribution is 0.136. The fraction of sp³-hybridized carbons (Fsp3) is 0.300. The van der Waals surface area contributed by atoms with Crippen LogP contribution in [0.15, 0.2) is 24.3 Å². The maximum Gasteiger partial charge on any atom is 0.421 e. The van der Waals surface area contributed by atoms with E-state index in [0.717, 1.165) is 11.3 Å². The highest BCUT2D eigenvalue weighted by molar-refractivity contribution is 5.66. The average Bonchev–Trinajstić information content (AvgIpc) is 2.27. The quantitative estimate of drug-likeness (QED) is 0.649. The second-order valence-corrected chi connectivity index (χ2v) is 2.90. The van der Waals surface area contributed by atoms with E-state index in [1.54, 1.807) is 7.05 Å². The van der Waals surface area contributed by atoms with Crippen LogP contribution in [0, 0.1) is 0 Å². The molecule has 1 rings (SSSR count). The van der Waals surface area contributed by atoms with E-state index < -0.39 is 6.09 Å². The van der Waals surface area contributed by atoms with Crippen LogP contribution in [-0.4, -0.2) is 20.2 Å². The first kappa shape index (κ1) is 11.3. The van der Waals surface area contributed by atoms with E-state index in [1.807, 2.05) is 31.3 Å². The molecule has 15 heavy (non-hydrogen) atoms. The molecule has 5 heteroatoms. The zero-order chi connectivity index (χ0) is 11.1. The summed E-state index contributed by atoms with van der Waals surface area (Å²) in [4.78, 5) is 10.9. The third-order valence-corrected chi connectivity index (χ3v) is 1.84. The molecule has 0 heterocycles. The summed E-state index contributed by atoms with van der Waals surface area (Å²) >= 11 is 0. The summed E-state index contributed by atoms with van der Waals surface area (Å²) in [6.07, 6.45) is -0.491. The molecule has 0 unspecified atom stereocenters. The van der Waals surface area contributed by atoms with Crippen LogP contribution in [0.25, 0.3) is 0 Å². The zero-order valence-corrected chi connectivity index (χ0v) is 8.83. The molecule has 0 aromatic heterocycles. The summed E-state index contributed by atoms with van der Waals surface area (Å²) < 4.78 is 4.91. The lowest BCUT2D eigenvalue weighted by Crippen LogP contribution is -2.34. The van der Waals surface area contributed by atoms with Gasteiger partial charge in [0.05, 0.1) is 0 Å². The third-order valence-electron chi connectivity index (χ3n) is 1.84. The molecule has 0 aliphatic carbocycles. The Kier molecular flexibility index (Phi) is 4.43. The highest BCUT2D eigenvalue weighted by Crippen LogP contribution is 2.09. The van der Waals surface area contributed by atoms with Gasteiger partial charge in [-0.3, -0.25) is 5.43 Å². The molecule has 0 aliphatic rings. The van der Waals surface area contributed by atoms with Gasteiger partial charge in [0.2, 0.25) is 0 Å². The number of amides is 1. The van der Waals surface area contributed by atoms with Gasteiger partial charge in [-0.1, -0.05) is 12.1 Å². The smallest absolute Gasteiger partial charge is 0.421 e. The fourth-order valence-corrected chi connectivity index (χ4v) is 1.05. The minimum absolute atomic E-state index is 0.261. The van der Waals surface area contributed by atoms with Gasteiger partial charge < -0.3 is 10.1 Å². The second kappa shape index (κ2) is 5.87. The number of benzene rings is 1. The van der Waals surface area contributed by atoms with E-state index in [0.29, 0.717) is 0 Å². The van der Waals surface area contributed by atoms with E-state index in [1.165, 1.54) is 0 Å². The molecule has 1 amide bonds. The summed E-state index contributed by atoms with van der Waals surface area (Å²) in [5.74, 6) is 0. The minimum atomic E-state index is -0.491. The molecule has 1 aromatic rings. The van der Waals surface area contributed by atoms with Crippen molar-refractivity contribution >= 4 is 11.8 Å². The lowest BCUT2D eigenvalue weighted by Gasteiger charge is -2.06. The average molecular weight is 209 g/mol. The summed E-state index contributed by atoms with van der Waals surface area (Å²) in [5.41, 5.74) is 6.77. The SMILES string of the molecule is CNNC(=O)OCc1ccc(NC)cc1. The van der Waals surface area contributed by atoms with Crippen LogP contribution in [0.4, 0.5) is 10.5 Å². The Morgan fingerprint density at radius 2 is 1.93 bits per heavy atom. The monoisotopic (exact) mass is 209 g/mol. The van der Waals surface area contributed by atoms with Gasteiger partial charge in [-0.05, 0) is 17.7 Å². The molecule has 0 spiro atoms. The number of anilines is 1. The van der Waals surface area contributed by atoms with Gasteiger partial charge in [0.15, 0.2) is 0 Å². The number of rotatable bonds is 4. The van der Waals surface area contributed by atoms with E-state index in [9.17, 15) is 4.79 Å². The number of hydrazine groups is 1. The van der Waals surface area contributed by atoms with E-state index in [2.05, 4.69) is 16.2 Å². The first-order chi connectivity index (χ1) is 7.26. The molecule has 0 aliphatic heterocycles. The molecular formula is C10H15N3O2. The van der Waals surface area contributed by atoms with E-state index >= 15 is 0 Å². The Hall–Kier alpha value is -1.75. The van der Waals surface area contributed by atoms with Crippen molar-refractivity contribution in [2.24, 2.45) is 0 Å². The Labute approximate surface area is 88.8 Å². The predicted octanol–water partition coefficient (Wildman–Crippen LogP) is 1.09. The van der Waals surface area contributed by atoms with Crippen molar-refractivity contribution < 1.29 is 9.53 Å². The molecule has 0 fully saturated rings. The Bertz CT molecular complexity index is 311. The van der Waals surface area contributed by atoms with Gasteiger partial charge in [-0.25, -0.2) is 10.2 Å². The Morgan fingerprint density at radius 1 is 1.27 bits per heavy atom. The molecule has 0 atom stereocenters. The van der Waals surface area contributed by atoms with Gasteiger partial charge >= 0.3 is 6.09 Å². The van der Waals surface area contributed by atoms with E-state index in [-0.39, 0.29) is 6.61 Å². The molecule has 0 saturated carbocycles. The zero-order valence-electron chi connectivity index (χ0n) is 8.83. The number of carbonyl (C=O) groups excluding carboxylic acids is 1. The van der Waals surface area contributed by atoms with Crippen LogP contribution in [0.2, 0.25) is 0 Å². The highest BCUT2D eigenvalue weighted by atomic mass is 16.6. The van der Waals surface area contributed by atoms with Crippen LogP contribution in [-0.2, 0) is 11.3 Å². The summed E-state index contributed by atoms with van der Waals surface area (Å²) in [6, 6.07) is 7.65. The number of ether oxygens (including phenoxy) is 1. The normalized spacial score (nSPS) is 9.47. The number of hydrogen-bond acceptors (Lipinski definition) is 4. The topological polar surface area (TPSA) is 62.4 Å². The lowest BCUT2D eigenvalue weighted by atomic mass is 10.2. The predicted molar refractivity (Wildman–Crippen MR) is 58.4 cm³/mol. The molecule has 3 N–H and O–H groups in total. The van der Waals surface area contributed by atoms with Crippen molar-refractivity contribution in [3.63, 3.8) is 0 Å². The molecule has 1 aromatic carbocycles. The molecule has 0 bridgehead atoms. The van der Waals surface area contributed by atoms with Crippen molar-refractivity contribution in [2.75, 3.05) is 19.4 Å². The maximum absolute atomic E-state index is 10.9. The summed E-state index contributed by atoms with van der Waals surface area (Å²) in [6.45, 7) is 0.261.